The molecule has 2 atom stereocenters. The number of esters is 1. The van der Waals surface area contributed by atoms with E-state index in [9.17, 15) is 14.3 Å². The monoisotopic (exact) mass is 752 g/mol. The third-order valence-corrected chi connectivity index (χ3v) is 9.40. The van der Waals surface area contributed by atoms with Crippen molar-refractivity contribution in [2.45, 2.75) is 174 Å². The summed E-state index contributed by atoms with van der Waals surface area (Å²) >= 11 is 0. The van der Waals surface area contributed by atoms with E-state index in [0.29, 0.717) is 13.0 Å². The first kappa shape index (κ1) is 50.2. The quantitative estimate of drug-likeness (QED) is 0.0276. The first-order valence-electron chi connectivity index (χ1n) is 20.8. The van der Waals surface area contributed by atoms with Crippen LogP contribution in [-0.4, -0.2) is 49.9 Å². The molecule has 8 nitrogen and oxygen atoms in total. The van der Waals surface area contributed by atoms with Crippen molar-refractivity contribution in [3.8, 4) is 0 Å². The number of nitrogens with two attached hydrogens (primary N) is 1. The number of carbonyl (C=O) groups is 1. The fourth-order valence-corrected chi connectivity index (χ4v) is 6.16. The van der Waals surface area contributed by atoms with Crippen molar-refractivity contribution in [1.82, 2.24) is 0 Å². The molecule has 0 rings (SSSR count). The van der Waals surface area contributed by atoms with E-state index in [-0.39, 0.29) is 32.3 Å². The van der Waals surface area contributed by atoms with Crippen molar-refractivity contribution in [2.75, 3.05) is 33.0 Å². The van der Waals surface area contributed by atoms with Gasteiger partial charge in [0, 0.05) is 19.6 Å². The summed E-state index contributed by atoms with van der Waals surface area (Å²) in [5.74, 6) is -0.346. The van der Waals surface area contributed by atoms with Gasteiger partial charge in [-0.15, -0.1) is 0 Å². The molecule has 0 radical (unpaired) electrons. The van der Waals surface area contributed by atoms with Gasteiger partial charge in [0.15, 0.2) is 0 Å². The molecule has 0 spiro atoms. The Balaban J connectivity index is 4.10. The van der Waals surface area contributed by atoms with Crippen molar-refractivity contribution < 1.29 is 32.8 Å². The summed E-state index contributed by atoms with van der Waals surface area (Å²) in [5, 5.41) is 0. The van der Waals surface area contributed by atoms with Crippen LogP contribution in [0.3, 0.4) is 0 Å². The van der Waals surface area contributed by atoms with Gasteiger partial charge < -0.3 is 20.1 Å². The number of hydrogen-bond donors (Lipinski definition) is 2. The number of allylic oxidation sites excluding steroid dienone is 10. The largest absolute Gasteiger partial charge is 0.472 e. The number of ether oxygens (including phenoxy) is 2. The highest BCUT2D eigenvalue weighted by atomic mass is 31.2. The van der Waals surface area contributed by atoms with Crippen LogP contribution in [-0.2, 0) is 27.9 Å². The zero-order chi connectivity index (χ0) is 38.1. The third kappa shape index (κ3) is 39.4. The van der Waals surface area contributed by atoms with E-state index in [1.54, 1.807) is 0 Å². The van der Waals surface area contributed by atoms with Gasteiger partial charge in [0.05, 0.1) is 19.8 Å². The molecule has 0 aliphatic heterocycles. The Morgan fingerprint density at radius 2 is 1.08 bits per heavy atom. The third-order valence-electron chi connectivity index (χ3n) is 8.42. The normalized spacial score (nSPS) is 14.2. The molecule has 52 heavy (non-hydrogen) atoms. The van der Waals surface area contributed by atoms with Crippen molar-refractivity contribution in [2.24, 2.45) is 5.73 Å². The highest BCUT2D eigenvalue weighted by molar-refractivity contribution is 7.47. The maximum absolute atomic E-state index is 12.6. The summed E-state index contributed by atoms with van der Waals surface area (Å²) in [5.41, 5.74) is 5.36. The molecule has 0 heterocycles. The van der Waals surface area contributed by atoms with E-state index < -0.39 is 13.9 Å². The molecule has 0 aromatic heterocycles. The van der Waals surface area contributed by atoms with Crippen LogP contribution in [0, 0.1) is 0 Å². The maximum atomic E-state index is 12.6. The van der Waals surface area contributed by atoms with Gasteiger partial charge >= 0.3 is 13.8 Å². The van der Waals surface area contributed by atoms with Crippen LogP contribution in [0.25, 0.3) is 0 Å². The minimum Gasteiger partial charge on any atom is -0.457 e. The van der Waals surface area contributed by atoms with Gasteiger partial charge in [0.2, 0.25) is 0 Å². The lowest BCUT2D eigenvalue weighted by molar-refractivity contribution is -0.154. The molecule has 0 amide bonds. The molecule has 0 aromatic carbocycles. The molecule has 0 aliphatic rings. The van der Waals surface area contributed by atoms with Crippen LogP contribution >= 0.6 is 7.82 Å². The molecule has 9 heteroatoms. The van der Waals surface area contributed by atoms with Gasteiger partial charge in [0.1, 0.15) is 6.10 Å². The Morgan fingerprint density at radius 3 is 1.62 bits per heavy atom. The van der Waals surface area contributed by atoms with E-state index in [1.165, 1.54) is 70.6 Å². The Labute approximate surface area is 319 Å². The van der Waals surface area contributed by atoms with Crippen molar-refractivity contribution >= 4 is 13.8 Å². The van der Waals surface area contributed by atoms with Crippen LogP contribution < -0.4 is 5.73 Å². The fourth-order valence-electron chi connectivity index (χ4n) is 5.39. The molecule has 0 fully saturated rings. The van der Waals surface area contributed by atoms with E-state index >= 15 is 0 Å². The zero-order valence-corrected chi connectivity index (χ0v) is 34.2. The molecule has 2 unspecified atom stereocenters. The lowest BCUT2D eigenvalue weighted by atomic mass is 10.1. The number of hydrogen-bond acceptors (Lipinski definition) is 7. The van der Waals surface area contributed by atoms with E-state index in [1.807, 2.05) is 0 Å². The summed E-state index contributed by atoms with van der Waals surface area (Å²) in [7, 11) is -4.28. The van der Waals surface area contributed by atoms with Crippen molar-refractivity contribution in [3.05, 3.63) is 60.8 Å². The SMILES string of the molecule is CC/C=C\C/C=C\C/C=C\CCCCCCCCOCC(COP(=O)(O)OCCN)OC(=O)CCCCCCCCC/C=C\C/C=C\CCCCC. The van der Waals surface area contributed by atoms with Gasteiger partial charge in [-0.2, -0.15) is 0 Å². The molecule has 3 N–H and O–H groups in total. The fraction of sp³-hybridized carbons (Fsp3) is 0.744. The smallest absolute Gasteiger partial charge is 0.457 e. The first-order valence-corrected chi connectivity index (χ1v) is 22.3. The standard InChI is InChI=1S/C43H78NO7P/c1-3-5-7-9-11-13-15-17-19-21-22-24-26-28-30-32-34-36-43(45)51-42(41-50-52(46,47)49-39-37-44)40-48-38-35-33-31-29-27-25-23-20-18-16-14-12-10-8-6-4-2/h6,8,11-14,17-20,42H,3-5,7,9-10,15-16,21-41,44H2,1-2H3,(H,46,47)/b8-6-,13-11-,14-12-,19-17-,20-18-. The lowest BCUT2D eigenvalue weighted by Crippen LogP contribution is -2.28. The number of phosphoric ester groups is 1. The molecule has 0 saturated heterocycles. The zero-order valence-electron chi connectivity index (χ0n) is 33.3. The molecule has 0 bridgehead atoms. The summed E-state index contributed by atoms with van der Waals surface area (Å²) < 4.78 is 33.4. The number of rotatable bonds is 39. The molecule has 0 saturated carbocycles. The second-order valence-corrected chi connectivity index (χ2v) is 14.9. The predicted octanol–water partition coefficient (Wildman–Crippen LogP) is 12.2. The van der Waals surface area contributed by atoms with E-state index in [0.717, 1.165) is 77.0 Å². The van der Waals surface area contributed by atoms with Crippen LogP contribution in [0.15, 0.2) is 60.8 Å². The number of unbranched alkanes of at least 4 members (excludes halogenated alkanes) is 16. The van der Waals surface area contributed by atoms with Crippen molar-refractivity contribution in [1.29, 1.82) is 0 Å². The summed E-state index contributed by atoms with van der Waals surface area (Å²) in [6.07, 6.45) is 48.0. The van der Waals surface area contributed by atoms with Gasteiger partial charge in [-0.1, -0.05) is 145 Å². The average Bonchev–Trinajstić information content (AvgIpc) is 3.13. The molecular weight excluding hydrogens is 673 g/mol. The van der Waals surface area contributed by atoms with Crippen LogP contribution in [0.5, 0.6) is 0 Å². The van der Waals surface area contributed by atoms with Gasteiger partial charge in [-0.25, -0.2) is 4.57 Å². The first-order chi connectivity index (χ1) is 25.4. The Morgan fingerprint density at radius 1 is 0.596 bits per heavy atom. The second kappa shape index (κ2) is 40.4. The Kier molecular flexibility index (Phi) is 39.0. The van der Waals surface area contributed by atoms with Crippen LogP contribution in [0.4, 0.5) is 0 Å². The summed E-state index contributed by atoms with van der Waals surface area (Å²) in [6, 6.07) is 0. The molecule has 302 valence electrons. The average molecular weight is 752 g/mol. The van der Waals surface area contributed by atoms with E-state index in [4.69, 9.17) is 24.3 Å². The lowest BCUT2D eigenvalue weighted by Gasteiger charge is -2.20. The van der Waals surface area contributed by atoms with E-state index in [2.05, 4.69) is 74.6 Å². The molecule has 0 aliphatic carbocycles. The number of carbonyl (C=O) groups excluding carboxylic acids is 1. The summed E-state index contributed by atoms with van der Waals surface area (Å²) in [4.78, 5) is 22.5. The highest BCUT2D eigenvalue weighted by Gasteiger charge is 2.25. The Bertz CT molecular complexity index is 979. The van der Waals surface area contributed by atoms with Crippen LogP contribution in [0.2, 0.25) is 0 Å². The maximum Gasteiger partial charge on any atom is 0.472 e. The molecule has 0 aromatic rings. The second-order valence-electron chi connectivity index (χ2n) is 13.5. The molecular formula is C43H78NO7P. The topological polar surface area (TPSA) is 117 Å². The summed E-state index contributed by atoms with van der Waals surface area (Å²) in [6.45, 7) is 4.73. The van der Waals surface area contributed by atoms with Crippen molar-refractivity contribution in [3.63, 3.8) is 0 Å². The predicted molar refractivity (Wildman–Crippen MR) is 219 cm³/mol. The van der Waals surface area contributed by atoms with Gasteiger partial charge in [-0.05, 0) is 77.0 Å². The van der Waals surface area contributed by atoms with Crippen LogP contribution in [0.1, 0.15) is 168 Å². The van der Waals surface area contributed by atoms with Gasteiger partial charge in [-0.3, -0.25) is 13.8 Å². The minimum absolute atomic E-state index is 0.0939. The minimum atomic E-state index is -4.28. The Hall–Kier alpha value is -1.80. The highest BCUT2D eigenvalue weighted by Crippen LogP contribution is 2.43. The number of phosphoric acid groups is 1. The van der Waals surface area contributed by atoms with Gasteiger partial charge in [0.25, 0.3) is 0 Å².